The van der Waals surface area contributed by atoms with Gasteiger partial charge in [-0.05, 0) is 44.2 Å². The van der Waals surface area contributed by atoms with Crippen LogP contribution in [0.3, 0.4) is 0 Å². The van der Waals surface area contributed by atoms with Crippen molar-refractivity contribution in [1.29, 1.82) is 0 Å². The van der Waals surface area contributed by atoms with Crippen LogP contribution in [0.1, 0.15) is 31.9 Å². The summed E-state index contributed by atoms with van der Waals surface area (Å²) in [6.07, 6.45) is 1.63. The molecule has 8 heteroatoms. The smallest absolute Gasteiger partial charge is 0.241 e. The first-order valence-electron chi connectivity index (χ1n) is 9.28. The van der Waals surface area contributed by atoms with E-state index < -0.39 is 21.5 Å². The second-order valence-corrected chi connectivity index (χ2v) is 9.60. The monoisotopic (exact) mass is 418 g/mol. The van der Waals surface area contributed by atoms with Gasteiger partial charge in [0, 0.05) is 12.0 Å². The number of anilines is 1. The van der Waals surface area contributed by atoms with Crippen LogP contribution >= 0.6 is 0 Å². The number of nitrogens with one attached hydrogen (secondary N) is 1. The molecule has 2 aromatic rings. The number of ether oxygens (including phenoxy) is 2. The predicted molar refractivity (Wildman–Crippen MR) is 112 cm³/mol. The molecule has 156 valence electrons. The van der Waals surface area contributed by atoms with Crippen LogP contribution in [0.15, 0.2) is 48.5 Å². The Morgan fingerprint density at radius 1 is 1.24 bits per heavy atom. The maximum absolute atomic E-state index is 12.8. The van der Waals surface area contributed by atoms with Gasteiger partial charge in [-0.2, -0.15) is 0 Å². The SMILES string of the molecule is COc1ccc2c(c1)[C@H](NC(=O)CN(c1ccccc1)S(C)(=O)=O)CC(C)(C)O2. The molecule has 0 spiro atoms. The van der Waals surface area contributed by atoms with Gasteiger partial charge in [0.05, 0.1) is 25.1 Å². The van der Waals surface area contributed by atoms with Crippen molar-refractivity contribution < 1.29 is 22.7 Å². The maximum atomic E-state index is 12.8. The summed E-state index contributed by atoms with van der Waals surface area (Å²) < 4.78 is 36.9. The van der Waals surface area contributed by atoms with E-state index in [0.29, 0.717) is 23.6 Å². The summed E-state index contributed by atoms with van der Waals surface area (Å²) in [6, 6.07) is 13.7. The number of rotatable bonds is 6. The Morgan fingerprint density at radius 2 is 1.93 bits per heavy atom. The van der Waals surface area contributed by atoms with E-state index in [2.05, 4.69) is 5.32 Å². The van der Waals surface area contributed by atoms with Crippen LogP contribution in [-0.2, 0) is 14.8 Å². The van der Waals surface area contributed by atoms with E-state index in [1.165, 1.54) is 0 Å². The van der Waals surface area contributed by atoms with Crippen LogP contribution in [0.5, 0.6) is 11.5 Å². The predicted octanol–water partition coefficient (Wildman–Crippen LogP) is 2.88. The summed E-state index contributed by atoms with van der Waals surface area (Å²) in [5.41, 5.74) is 0.775. The molecule has 0 saturated heterocycles. The van der Waals surface area contributed by atoms with E-state index in [1.807, 2.05) is 26.0 Å². The molecular formula is C21H26N2O5S. The van der Waals surface area contributed by atoms with Crippen molar-refractivity contribution in [3.05, 3.63) is 54.1 Å². The minimum absolute atomic E-state index is 0.306. The normalized spacial score (nSPS) is 17.6. The molecule has 29 heavy (non-hydrogen) atoms. The lowest BCUT2D eigenvalue weighted by atomic mass is 9.89. The quantitative estimate of drug-likeness (QED) is 0.780. The molecule has 0 unspecified atom stereocenters. The van der Waals surface area contributed by atoms with Crippen LogP contribution in [0.25, 0.3) is 0 Å². The highest BCUT2D eigenvalue weighted by Crippen LogP contribution is 2.41. The van der Waals surface area contributed by atoms with Crippen molar-refractivity contribution in [3.8, 4) is 11.5 Å². The topological polar surface area (TPSA) is 84.9 Å². The van der Waals surface area contributed by atoms with Gasteiger partial charge < -0.3 is 14.8 Å². The molecule has 0 bridgehead atoms. The Bertz CT molecular complexity index is 989. The van der Waals surface area contributed by atoms with Crippen LogP contribution in [-0.4, -0.2) is 39.8 Å². The van der Waals surface area contributed by atoms with Crippen molar-refractivity contribution in [1.82, 2.24) is 5.32 Å². The van der Waals surface area contributed by atoms with Gasteiger partial charge in [-0.15, -0.1) is 0 Å². The molecule has 0 aliphatic carbocycles. The molecule has 1 aliphatic heterocycles. The van der Waals surface area contributed by atoms with E-state index in [9.17, 15) is 13.2 Å². The highest BCUT2D eigenvalue weighted by atomic mass is 32.2. The fourth-order valence-corrected chi connectivity index (χ4v) is 4.31. The highest BCUT2D eigenvalue weighted by Gasteiger charge is 2.35. The fourth-order valence-electron chi connectivity index (χ4n) is 3.45. The van der Waals surface area contributed by atoms with Gasteiger partial charge in [0.1, 0.15) is 23.6 Å². The molecule has 2 aromatic carbocycles. The Labute approximate surface area is 171 Å². The lowest BCUT2D eigenvalue weighted by Crippen LogP contribution is -2.45. The maximum Gasteiger partial charge on any atom is 0.241 e. The molecule has 3 rings (SSSR count). The number of nitrogens with zero attached hydrogens (tertiary/aromatic N) is 1. The molecule has 1 atom stereocenters. The lowest BCUT2D eigenvalue weighted by Gasteiger charge is -2.38. The van der Waals surface area contributed by atoms with Crippen molar-refractivity contribution >= 4 is 21.6 Å². The summed E-state index contributed by atoms with van der Waals surface area (Å²) in [5.74, 6) is 0.944. The third kappa shape index (κ3) is 5.00. The van der Waals surface area contributed by atoms with E-state index in [4.69, 9.17) is 9.47 Å². The first kappa shape index (κ1) is 21.0. The Hall–Kier alpha value is -2.74. The molecule has 7 nitrogen and oxygen atoms in total. The van der Waals surface area contributed by atoms with Crippen LogP contribution in [0.4, 0.5) is 5.69 Å². The molecule has 1 amide bonds. The van der Waals surface area contributed by atoms with E-state index in [0.717, 1.165) is 16.1 Å². The number of benzene rings is 2. The van der Waals surface area contributed by atoms with Crippen molar-refractivity contribution in [2.75, 3.05) is 24.2 Å². The Morgan fingerprint density at radius 3 is 2.55 bits per heavy atom. The average molecular weight is 419 g/mol. The molecule has 0 aromatic heterocycles. The number of fused-ring (bicyclic) bond motifs is 1. The average Bonchev–Trinajstić information content (AvgIpc) is 2.65. The number of hydrogen-bond donors (Lipinski definition) is 1. The number of methoxy groups -OCH3 is 1. The zero-order chi connectivity index (χ0) is 21.2. The number of amides is 1. The molecule has 0 fully saturated rings. The minimum atomic E-state index is -3.62. The van der Waals surface area contributed by atoms with E-state index in [1.54, 1.807) is 43.5 Å². The molecule has 1 N–H and O–H groups in total. The molecule has 1 aliphatic rings. The van der Waals surface area contributed by atoms with Crippen LogP contribution < -0.4 is 19.1 Å². The number of hydrogen-bond acceptors (Lipinski definition) is 5. The van der Waals surface area contributed by atoms with Crippen molar-refractivity contribution in [2.45, 2.75) is 31.9 Å². The van der Waals surface area contributed by atoms with Gasteiger partial charge in [-0.3, -0.25) is 9.10 Å². The minimum Gasteiger partial charge on any atom is -0.497 e. The summed E-state index contributed by atoms with van der Waals surface area (Å²) in [4.78, 5) is 12.8. The second kappa shape index (κ2) is 7.94. The molecule has 0 saturated carbocycles. The first-order valence-corrected chi connectivity index (χ1v) is 11.1. The third-order valence-corrected chi connectivity index (χ3v) is 5.88. The molecule has 1 heterocycles. The summed E-state index contributed by atoms with van der Waals surface area (Å²) in [6.45, 7) is 3.60. The highest BCUT2D eigenvalue weighted by molar-refractivity contribution is 7.92. The molecule has 0 radical (unpaired) electrons. The van der Waals surface area contributed by atoms with Gasteiger partial charge in [-0.1, -0.05) is 18.2 Å². The van der Waals surface area contributed by atoms with Gasteiger partial charge in [0.25, 0.3) is 0 Å². The van der Waals surface area contributed by atoms with Crippen LogP contribution in [0, 0.1) is 0 Å². The summed E-state index contributed by atoms with van der Waals surface area (Å²) >= 11 is 0. The van der Waals surface area contributed by atoms with Gasteiger partial charge in [0.15, 0.2) is 0 Å². The largest absolute Gasteiger partial charge is 0.497 e. The zero-order valence-electron chi connectivity index (χ0n) is 17.0. The number of sulfonamides is 1. The van der Waals surface area contributed by atoms with Gasteiger partial charge >= 0.3 is 0 Å². The van der Waals surface area contributed by atoms with E-state index >= 15 is 0 Å². The Balaban J connectivity index is 1.84. The van der Waals surface area contributed by atoms with Gasteiger partial charge in [-0.25, -0.2) is 8.42 Å². The summed E-state index contributed by atoms with van der Waals surface area (Å²) in [7, 11) is -2.04. The molecular weight excluding hydrogens is 392 g/mol. The standard InChI is InChI=1S/C21H26N2O5S/c1-21(2)13-18(17-12-16(27-3)10-11-19(17)28-21)22-20(24)14-23(29(4,25)26)15-8-6-5-7-9-15/h5-12,18H,13-14H2,1-4H3,(H,22,24)/t18-/m1/s1. The fraction of sp³-hybridized carbons (Fsp3) is 0.381. The van der Waals surface area contributed by atoms with Gasteiger partial charge in [0.2, 0.25) is 15.9 Å². The van der Waals surface area contributed by atoms with Crippen LogP contribution in [0.2, 0.25) is 0 Å². The number of carbonyl (C=O) groups is 1. The van der Waals surface area contributed by atoms with Crippen molar-refractivity contribution in [2.24, 2.45) is 0 Å². The number of para-hydroxylation sites is 1. The third-order valence-electron chi connectivity index (χ3n) is 4.74. The first-order chi connectivity index (χ1) is 13.6. The van der Waals surface area contributed by atoms with E-state index in [-0.39, 0.29) is 12.6 Å². The second-order valence-electron chi connectivity index (χ2n) is 7.69. The lowest BCUT2D eigenvalue weighted by molar-refractivity contribution is -0.120. The summed E-state index contributed by atoms with van der Waals surface area (Å²) in [5, 5.41) is 2.97. The number of carbonyl (C=O) groups excluding carboxylic acids is 1. The Kier molecular flexibility index (Phi) is 5.75. The van der Waals surface area contributed by atoms with Crippen molar-refractivity contribution in [3.63, 3.8) is 0 Å². The zero-order valence-corrected chi connectivity index (χ0v) is 17.8.